The topological polar surface area (TPSA) is 37.3 Å². The van der Waals surface area contributed by atoms with Crippen molar-refractivity contribution in [1.29, 1.82) is 0 Å². The monoisotopic (exact) mass is 547 g/mol. The second-order valence-corrected chi connectivity index (χ2v) is 13.0. The van der Waals surface area contributed by atoms with E-state index in [1.165, 1.54) is 109 Å². The summed E-state index contributed by atoms with van der Waals surface area (Å²) in [5.41, 5.74) is 0. The molecule has 0 aromatic carbocycles. The van der Waals surface area contributed by atoms with E-state index in [9.17, 15) is 4.79 Å². The van der Waals surface area contributed by atoms with E-state index in [1.807, 2.05) is 0 Å². The summed E-state index contributed by atoms with van der Waals surface area (Å²) in [5, 5.41) is 8.41. The van der Waals surface area contributed by atoms with Crippen molar-refractivity contribution < 1.29 is 9.90 Å². The Balaban J connectivity index is 0. The predicted molar refractivity (Wildman–Crippen MR) is 142 cm³/mol. The van der Waals surface area contributed by atoms with E-state index in [4.69, 9.17) is 5.11 Å². The van der Waals surface area contributed by atoms with Crippen LogP contribution >= 0.6 is 0 Å². The van der Waals surface area contributed by atoms with Crippen molar-refractivity contribution in [2.45, 2.75) is 171 Å². The third kappa shape index (κ3) is 37.9. The molecule has 0 saturated carbocycles. The summed E-state index contributed by atoms with van der Waals surface area (Å²) in [6.45, 7) is 6.83. The standard InChI is InChI=1S/C12H24O2.2C8H17.Sb/c1-2-3-4-5-6-7-8-9-10-11-12(13)14;2*1-3-5-7-8-6-4-2;/h2-11H2,1H3,(H,13,14);2*1,3-8H2,2H3;. The van der Waals surface area contributed by atoms with Gasteiger partial charge in [-0.3, -0.25) is 4.79 Å². The van der Waals surface area contributed by atoms with Gasteiger partial charge in [-0.15, -0.1) is 0 Å². The molecule has 0 rings (SSSR count). The van der Waals surface area contributed by atoms with Crippen molar-refractivity contribution in [3.8, 4) is 0 Å². The summed E-state index contributed by atoms with van der Waals surface area (Å²) in [6, 6.07) is 0. The predicted octanol–water partition coefficient (Wildman–Crippen LogP) is 10.2. The second-order valence-electron chi connectivity index (χ2n) is 9.18. The van der Waals surface area contributed by atoms with Crippen LogP contribution in [0.1, 0.15) is 162 Å². The summed E-state index contributed by atoms with van der Waals surface area (Å²) < 4.78 is 3.27. The van der Waals surface area contributed by atoms with Crippen molar-refractivity contribution in [2.24, 2.45) is 0 Å². The van der Waals surface area contributed by atoms with Crippen molar-refractivity contribution in [2.75, 3.05) is 0 Å². The average Bonchev–Trinajstić information content (AvgIpc) is 2.76. The molecule has 31 heavy (non-hydrogen) atoms. The molecule has 2 nitrogen and oxygen atoms in total. The van der Waals surface area contributed by atoms with Crippen LogP contribution in [-0.2, 0) is 4.79 Å². The number of hydrogen-bond acceptors (Lipinski definition) is 1. The molecule has 1 radical (unpaired) electrons. The Hall–Kier alpha value is 0.288. The Kier molecular flexibility index (Phi) is 35.0. The molecular formula is C28H58O2Sb. The third-order valence-electron chi connectivity index (χ3n) is 5.83. The molecule has 3 heteroatoms. The molecule has 0 spiro atoms. The Morgan fingerprint density at radius 3 is 1.10 bits per heavy atom. The normalized spacial score (nSPS) is 10.7. The van der Waals surface area contributed by atoms with Crippen molar-refractivity contribution >= 4 is 27.6 Å². The van der Waals surface area contributed by atoms with Gasteiger partial charge in [0.1, 0.15) is 0 Å². The first-order valence-corrected chi connectivity index (χ1v) is 17.6. The first-order chi connectivity index (χ1) is 15.2. The van der Waals surface area contributed by atoms with Gasteiger partial charge in [-0.25, -0.2) is 0 Å². The fourth-order valence-electron chi connectivity index (χ4n) is 3.71. The Bertz CT molecular complexity index is 306. The van der Waals surface area contributed by atoms with Crippen LogP contribution in [-0.4, -0.2) is 32.7 Å². The second kappa shape index (κ2) is 32.5. The van der Waals surface area contributed by atoms with Crippen LogP contribution < -0.4 is 0 Å². The molecule has 0 unspecified atom stereocenters. The first-order valence-electron chi connectivity index (χ1n) is 14.0. The Labute approximate surface area is 207 Å². The fourth-order valence-corrected chi connectivity index (χ4v) is 6.90. The zero-order valence-corrected chi connectivity index (χ0v) is 24.3. The minimum absolute atomic E-state index is 0.240. The van der Waals surface area contributed by atoms with Gasteiger partial charge in [-0.1, -0.05) is 58.3 Å². The molecule has 0 aromatic rings. The molecule has 0 aromatic heterocycles. The summed E-state index contributed by atoms with van der Waals surface area (Å²) in [6.07, 6.45) is 29.3. The van der Waals surface area contributed by atoms with E-state index in [-0.39, 0.29) is 21.6 Å². The number of hydrogen-bond donors (Lipinski definition) is 1. The van der Waals surface area contributed by atoms with Crippen LogP contribution in [0, 0.1) is 0 Å². The average molecular weight is 549 g/mol. The van der Waals surface area contributed by atoms with Crippen LogP contribution in [0.15, 0.2) is 0 Å². The molecule has 187 valence electrons. The summed E-state index contributed by atoms with van der Waals surface area (Å²) in [4.78, 5) is 10.2. The Morgan fingerprint density at radius 2 is 0.774 bits per heavy atom. The molecule has 0 aliphatic heterocycles. The number of unbranched alkanes of at least 4 members (excludes halogenated alkanes) is 18. The molecule has 0 fully saturated rings. The summed E-state index contributed by atoms with van der Waals surface area (Å²) in [7, 11) is 0. The number of rotatable bonds is 24. The van der Waals surface area contributed by atoms with E-state index >= 15 is 0 Å². The van der Waals surface area contributed by atoms with E-state index in [2.05, 4.69) is 20.8 Å². The zero-order chi connectivity index (χ0) is 23.3. The molecule has 1 N–H and O–H groups in total. The van der Waals surface area contributed by atoms with Gasteiger partial charge in [0.2, 0.25) is 0 Å². The third-order valence-corrected chi connectivity index (χ3v) is 9.44. The van der Waals surface area contributed by atoms with Crippen LogP contribution in [0.4, 0.5) is 0 Å². The van der Waals surface area contributed by atoms with E-state index in [0.717, 1.165) is 12.8 Å². The summed E-state index contributed by atoms with van der Waals surface area (Å²) >= 11 is 0.240. The van der Waals surface area contributed by atoms with E-state index in [1.54, 1.807) is 21.6 Å². The maximum atomic E-state index is 10.2. The van der Waals surface area contributed by atoms with E-state index in [0.29, 0.717) is 6.42 Å². The van der Waals surface area contributed by atoms with Gasteiger partial charge in [0.15, 0.2) is 0 Å². The Morgan fingerprint density at radius 1 is 0.484 bits per heavy atom. The molecule has 0 saturated heterocycles. The number of carboxylic acids is 1. The zero-order valence-electron chi connectivity index (χ0n) is 21.8. The van der Waals surface area contributed by atoms with Gasteiger partial charge in [-0.05, 0) is 6.42 Å². The van der Waals surface area contributed by atoms with Gasteiger partial charge in [-0.2, -0.15) is 0 Å². The first kappa shape index (κ1) is 33.5. The van der Waals surface area contributed by atoms with Gasteiger partial charge in [0.25, 0.3) is 0 Å². The molecular weight excluding hydrogens is 490 g/mol. The minimum atomic E-state index is -0.659. The fraction of sp³-hybridized carbons (Fsp3) is 0.964. The van der Waals surface area contributed by atoms with E-state index < -0.39 is 5.97 Å². The SMILES string of the molecule is CCCCCCCCCCCC(=O)O.CCCCCCC[CH2][Sb][CH2]CCCCCCC. The molecule has 0 amide bonds. The molecule has 0 aliphatic rings. The van der Waals surface area contributed by atoms with Crippen LogP contribution in [0.5, 0.6) is 0 Å². The summed E-state index contributed by atoms with van der Waals surface area (Å²) in [5.74, 6) is -0.659. The maximum absolute atomic E-state index is 10.2. The number of carbonyl (C=O) groups is 1. The number of aliphatic carboxylic acids is 1. The molecule has 0 bridgehead atoms. The molecule has 0 aliphatic carbocycles. The van der Waals surface area contributed by atoms with Gasteiger partial charge in [0.05, 0.1) is 0 Å². The van der Waals surface area contributed by atoms with Gasteiger partial charge >= 0.3 is 127 Å². The quantitative estimate of drug-likeness (QED) is 0.0963. The van der Waals surface area contributed by atoms with Crippen molar-refractivity contribution in [3.05, 3.63) is 0 Å². The van der Waals surface area contributed by atoms with Crippen LogP contribution in [0.25, 0.3) is 0 Å². The number of carboxylic acid groups (broad SMARTS) is 1. The molecule has 0 heterocycles. The van der Waals surface area contributed by atoms with Crippen molar-refractivity contribution in [3.63, 3.8) is 0 Å². The van der Waals surface area contributed by atoms with Crippen LogP contribution in [0.2, 0.25) is 8.73 Å². The van der Waals surface area contributed by atoms with Crippen LogP contribution in [0.3, 0.4) is 0 Å². The van der Waals surface area contributed by atoms with Crippen molar-refractivity contribution in [1.82, 2.24) is 0 Å². The van der Waals surface area contributed by atoms with Gasteiger partial charge in [0, 0.05) is 6.42 Å². The van der Waals surface area contributed by atoms with Gasteiger partial charge < -0.3 is 5.11 Å². The molecule has 0 atom stereocenters.